The van der Waals surface area contributed by atoms with Crippen LogP contribution in [0.1, 0.15) is 17.3 Å². The summed E-state index contributed by atoms with van der Waals surface area (Å²) in [5.74, 6) is 0.248. The van der Waals surface area contributed by atoms with Crippen LogP contribution in [-0.2, 0) is 0 Å². The highest BCUT2D eigenvalue weighted by atomic mass is 32.2. The predicted molar refractivity (Wildman–Crippen MR) is 67.5 cm³/mol. The first-order valence-corrected chi connectivity index (χ1v) is 6.55. The standard InChI is InChI=1S/C13H14OS/c1-11(15-9-5-6-10-15)13(14)12-7-3-2-4-8-12/h2-11,15H,1H3. The third kappa shape index (κ3) is 2.21. The van der Waals surface area contributed by atoms with Crippen molar-refractivity contribution in [2.75, 3.05) is 0 Å². The Hall–Kier alpha value is -1.28. The minimum Gasteiger partial charge on any atom is -0.293 e. The summed E-state index contributed by atoms with van der Waals surface area (Å²) < 4.78 is 0. The molecule has 1 aromatic rings. The van der Waals surface area contributed by atoms with E-state index in [-0.39, 0.29) is 21.9 Å². The normalized spacial score (nSPS) is 18.1. The molecule has 0 amide bonds. The minimum atomic E-state index is -0.380. The molecule has 0 aliphatic carbocycles. The summed E-state index contributed by atoms with van der Waals surface area (Å²) in [7, 11) is -0.380. The van der Waals surface area contributed by atoms with E-state index in [0.29, 0.717) is 0 Å². The van der Waals surface area contributed by atoms with Gasteiger partial charge < -0.3 is 0 Å². The van der Waals surface area contributed by atoms with Gasteiger partial charge in [0.2, 0.25) is 0 Å². The van der Waals surface area contributed by atoms with Crippen LogP contribution in [0.25, 0.3) is 0 Å². The van der Waals surface area contributed by atoms with E-state index in [2.05, 4.69) is 10.8 Å². The van der Waals surface area contributed by atoms with Gasteiger partial charge in [-0.15, -0.1) is 0 Å². The van der Waals surface area contributed by atoms with Crippen LogP contribution in [0.15, 0.2) is 53.3 Å². The Kier molecular flexibility index (Phi) is 3.07. The summed E-state index contributed by atoms with van der Waals surface area (Å²) in [6.07, 6.45) is 4.06. The topological polar surface area (TPSA) is 17.1 Å². The monoisotopic (exact) mass is 218 g/mol. The van der Waals surface area contributed by atoms with Gasteiger partial charge >= 0.3 is 0 Å². The van der Waals surface area contributed by atoms with Gasteiger partial charge in [0.25, 0.3) is 0 Å². The van der Waals surface area contributed by atoms with Gasteiger partial charge in [0, 0.05) is 5.56 Å². The van der Waals surface area contributed by atoms with Gasteiger partial charge in [-0.25, -0.2) is 10.9 Å². The van der Waals surface area contributed by atoms with Crippen molar-refractivity contribution in [3.63, 3.8) is 0 Å². The second-order valence-corrected chi connectivity index (χ2v) is 5.80. The van der Waals surface area contributed by atoms with Gasteiger partial charge in [-0.1, -0.05) is 42.5 Å². The van der Waals surface area contributed by atoms with E-state index in [1.807, 2.05) is 49.4 Å². The molecule has 0 N–H and O–H groups in total. The molecule has 0 radical (unpaired) electrons. The number of hydrogen-bond donors (Lipinski definition) is 1. The average molecular weight is 218 g/mol. The van der Waals surface area contributed by atoms with E-state index in [0.717, 1.165) is 5.56 Å². The SMILES string of the molecule is CC(C(=O)c1ccccc1)[SH]1C=CC=C1. The Morgan fingerprint density at radius 1 is 1.13 bits per heavy atom. The number of benzene rings is 1. The third-order valence-corrected chi connectivity index (χ3v) is 4.67. The Morgan fingerprint density at radius 3 is 2.33 bits per heavy atom. The number of hydrogen-bond acceptors (Lipinski definition) is 1. The lowest BCUT2D eigenvalue weighted by molar-refractivity contribution is 0.0994. The van der Waals surface area contributed by atoms with Gasteiger partial charge in [-0.3, -0.25) is 4.79 Å². The zero-order valence-corrected chi connectivity index (χ0v) is 9.52. The zero-order valence-electron chi connectivity index (χ0n) is 8.63. The Bertz CT molecular complexity index is 394. The Labute approximate surface area is 92.9 Å². The summed E-state index contributed by atoms with van der Waals surface area (Å²) in [6.45, 7) is 2.01. The lowest BCUT2D eigenvalue weighted by Gasteiger charge is -2.18. The molecule has 78 valence electrons. The van der Waals surface area contributed by atoms with Crippen molar-refractivity contribution in [1.29, 1.82) is 0 Å². The van der Waals surface area contributed by atoms with E-state index in [9.17, 15) is 4.79 Å². The lowest BCUT2D eigenvalue weighted by Crippen LogP contribution is -2.15. The van der Waals surface area contributed by atoms with Crippen LogP contribution >= 0.6 is 10.9 Å². The molecule has 15 heavy (non-hydrogen) atoms. The predicted octanol–water partition coefficient (Wildman–Crippen LogP) is 3.30. The number of ketones is 1. The van der Waals surface area contributed by atoms with E-state index in [1.165, 1.54) is 0 Å². The first-order valence-electron chi connectivity index (χ1n) is 5.01. The fraction of sp³-hybridized carbons (Fsp3) is 0.154. The fourth-order valence-corrected chi connectivity index (χ4v) is 3.22. The van der Waals surface area contributed by atoms with E-state index in [4.69, 9.17) is 0 Å². The van der Waals surface area contributed by atoms with Gasteiger partial charge in [-0.2, -0.15) is 0 Å². The molecule has 0 fully saturated rings. The first kappa shape index (κ1) is 10.2. The van der Waals surface area contributed by atoms with Crippen molar-refractivity contribution in [2.45, 2.75) is 12.2 Å². The molecule has 1 heterocycles. The maximum Gasteiger partial charge on any atom is 0.174 e. The van der Waals surface area contributed by atoms with Crippen molar-refractivity contribution in [1.82, 2.24) is 0 Å². The van der Waals surface area contributed by atoms with Crippen LogP contribution in [0.3, 0.4) is 0 Å². The summed E-state index contributed by atoms with van der Waals surface area (Å²) in [5.41, 5.74) is 0.821. The quantitative estimate of drug-likeness (QED) is 0.608. The van der Waals surface area contributed by atoms with E-state index in [1.54, 1.807) is 0 Å². The molecule has 1 aliphatic heterocycles. The lowest BCUT2D eigenvalue weighted by atomic mass is 10.1. The number of carbonyl (C=O) groups is 1. The van der Waals surface area contributed by atoms with Crippen LogP contribution in [-0.4, -0.2) is 11.0 Å². The molecule has 0 aromatic heterocycles. The zero-order chi connectivity index (χ0) is 10.7. The van der Waals surface area contributed by atoms with Gasteiger partial charge in [0.1, 0.15) is 0 Å². The molecule has 0 spiro atoms. The molecule has 0 saturated heterocycles. The number of Topliss-reactive ketones (excluding diaryl/α,β-unsaturated/α-hetero) is 1. The molecule has 1 aromatic carbocycles. The number of thiol groups is 1. The number of allylic oxidation sites excluding steroid dienone is 2. The van der Waals surface area contributed by atoms with Crippen molar-refractivity contribution in [3.8, 4) is 0 Å². The Balaban J connectivity index is 2.15. The summed E-state index contributed by atoms with van der Waals surface area (Å²) in [6, 6.07) is 9.53. The first-order chi connectivity index (χ1) is 7.29. The van der Waals surface area contributed by atoms with Crippen molar-refractivity contribution >= 4 is 16.7 Å². The highest BCUT2D eigenvalue weighted by Gasteiger charge is 2.19. The van der Waals surface area contributed by atoms with Crippen LogP contribution in [0.5, 0.6) is 0 Å². The van der Waals surface area contributed by atoms with Crippen LogP contribution in [0, 0.1) is 0 Å². The smallest absolute Gasteiger partial charge is 0.174 e. The summed E-state index contributed by atoms with van der Waals surface area (Å²) in [5, 5.41) is 4.37. The van der Waals surface area contributed by atoms with Crippen LogP contribution < -0.4 is 0 Å². The second-order valence-electron chi connectivity index (χ2n) is 3.54. The van der Waals surface area contributed by atoms with Gasteiger partial charge in [0.15, 0.2) is 5.78 Å². The molecule has 1 nitrogen and oxygen atoms in total. The van der Waals surface area contributed by atoms with E-state index < -0.39 is 0 Å². The molecule has 0 saturated carbocycles. The summed E-state index contributed by atoms with van der Waals surface area (Å²) >= 11 is 0. The largest absolute Gasteiger partial charge is 0.293 e. The number of carbonyl (C=O) groups excluding carboxylic acids is 1. The number of rotatable bonds is 3. The average Bonchev–Trinajstić information content (AvgIpc) is 2.82. The molecule has 2 rings (SSSR count). The van der Waals surface area contributed by atoms with E-state index >= 15 is 0 Å². The second kappa shape index (κ2) is 4.49. The molecular formula is C13H14OS. The van der Waals surface area contributed by atoms with Gasteiger partial charge in [-0.05, 0) is 17.7 Å². The summed E-state index contributed by atoms with van der Waals surface area (Å²) in [4.78, 5) is 12.1. The molecular weight excluding hydrogens is 204 g/mol. The molecule has 1 atom stereocenters. The van der Waals surface area contributed by atoms with Crippen molar-refractivity contribution < 1.29 is 4.79 Å². The van der Waals surface area contributed by atoms with Crippen LogP contribution in [0.2, 0.25) is 0 Å². The van der Waals surface area contributed by atoms with Crippen LogP contribution in [0.4, 0.5) is 0 Å². The maximum absolute atomic E-state index is 12.1. The maximum atomic E-state index is 12.1. The molecule has 2 heteroatoms. The molecule has 0 bridgehead atoms. The highest BCUT2D eigenvalue weighted by Crippen LogP contribution is 2.39. The van der Waals surface area contributed by atoms with Crippen molar-refractivity contribution in [3.05, 3.63) is 58.9 Å². The third-order valence-electron chi connectivity index (χ3n) is 2.51. The van der Waals surface area contributed by atoms with Gasteiger partial charge in [0.05, 0.1) is 5.25 Å². The minimum absolute atomic E-state index is 0.0948. The van der Waals surface area contributed by atoms with Crippen molar-refractivity contribution in [2.24, 2.45) is 0 Å². The highest BCUT2D eigenvalue weighted by molar-refractivity contribution is 8.23. The Morgan fingerprint density at radius 2 is 1.73 bits per heavy atom. The molecule has 1 aliphatic rings. The fourth-order valence-electron chi connectivity index (χ4n) is 1.59. The molecule has 1 unspecified atom stereocenters.